The Labute approximate surface area is 116 Å². The van der Waals surface area contributed by atoms with Gasteiger partial charge >= 0.3 is 5.69 Å². The Bertz CT molecular complexity index is 658. The van der Waals surface area contributed by atoms with E-state index >= 15 is 0 Å². The average Bonchev–Trinajstić information content (AvgIpc) is 2.73. The zero-order valence-electron chi connectivity index (χ0n) is 9.58. The van der Waals surface area contributed by atoms with Crippen molar-refractivity contribution in [3.05, 3.63) is 44.2 Å². The van der Waals surface area contributed by atoms with Crippen molar-refractivity contribution in [2.24, 2.45) is 0 Å². The number of anilines is 1. The van der Waals surface area contributed by atoms with Crippen molar-refractivity contribution < 1.29 is 9.72 Å². The average molecular weight is 299 g/mol. The normalized spacial score (nSPS) is 10.2. The smallest absolute Gasteiger partial charge is 0.298 e. The van der Waals surface area contributed by atoms with Crippen LogP contribution in [0.3, 0.4) is 0 Å². The Kier molecular flexibility index (Phi) is 3.72. The first-order valence-corrected chi connectivity index (χ1v) is 6.27. The minimum Gasteiger partial charge on any atom is -0.298 e. The molecule has 0 aromatic carbocycles. The molecule has 0 radical (unpaired) electrons. The summed E-state index contributed by atoms with van der Waals surface area (Å²) in [7, 11) is 0. The highest BCUT2D eigenvalue weighted by molar-refractivity contribution is 7.13. The van der Waals surface area contributed by atoms with E-state index in [1.165, 1.54) is 23.6 Å². The number of rotatable bonds is 3. The Hall–Kier alpha value is -2.06. The van der Waals surface area contributed by atoms with E-state index in [-0.39, 0.29) is 10.7 Å². The van der Waals surface area contributed by atoms with Gasteiger partial charge < -0.3 is 0 Å². The predicted molar refractivity (Wildman–Crippen MR) is 70.7 cm³/mol. The molecule has 7 nitrogen and oxygen atoms in total. The molecule has 0 aliphatic heterocycles. The fourth-order valence-corrected chi connectivity index (χ4v) is 2.27. The predicted octanol–water partition coefficient (Wildman–Crippen LogP) is 2.66. The van der Waals surface area contributed by atoms with E-state index in [1.54, 1.807) is 12.3 Å². The van der Waals surface area contributed by atoms with Crippen LogP contribution in [0.2, 0.25) is 5.15 Å². The van der Waals surface area contributed by atoms with Gasteiger partial charge in [-0.05, 0) is 13.0 Å². The highest BCUT2D eigenvalue weighted by atomic mass is 35.5. The van der Waals surface area contributed by atoms with Gasteiger partial charge in [-0.3, -0.25) is 20.2 Å². The molecule has 1 N–H and O–H groups in total. The number of nitrogens with one attached hydrogen (secondary N) is 1. The highest BCUT2D eigenvalue weighted by Gasteiger charge is 2.25. The number of halogens is 1. The largest absolute Gasteiger partial charge is 0.319 e. The van der Waals surface area contributed by atoms with Crippen LogP contribution < -0.4 is 5.32 Å². The summed E-state index contributed by atoms with van der Waals surface area (Å²) in [6.07, 6.45) is 1.23. The summed E-state index contributed by atoms with van der Waals surface area (Å²) in [6, 6.07) is 1.24. The zero-order valence-corrected chi connectivity index (χ0v) is 11.2. The molecular weight excluding hydrogens is 292 g/mol. The van der Waals surface area contributed by atoms with Crippen LogP contribution in [-0.4, -0.2) is 20.8 Å². The summed E-state index contributed by atoms with van der Waals surface area (Å²) in [4.78, 5) is 29.7. The number of carbonyl (C=O) groups excluding carboxylic acids is 1. The number of nitrogens with zero attached hydrogens (tertiary/aromatic N) is 3. The monoisotopic (exact) mass is 298 g/mol. The van der Waals surface area contributed by atoms with Crippen LogP contribution in [0.25, 0.3) is 0 Å². The molecule has 2 rings (SSSR count). The van der Waals surface area contributed by atoms with Crippen LogP contribution in [0.15, 0.2) is 17.6 Å². The van der Waals surface area contributed by atoms with Crippen molar-refractivity contribution in [1.29, 1.82) is 0 Å². The van der Waals surface area contributed by atoms with Crippen LogP contribution in [-0.2, 0) is 0 Å². The van der Waals surface area contributed by atoms with E-state index in [4.69, 9.17) is 11.6 Å². The second-order valence-corrected chi connectivity index (χ2v) is 4.72. The second-order valence-electron chi connectivity index (χ2n) is 3.50. The SMILES string of the molecule is Cc1csc(NC(=O)c2ccnc(Cl)c2[N+](=O)[O-])n1. The Morgan fingerprint density at radius 2 is 2.32 bits per heavy atom. The molecule has 0 aliphatic rings. The Balaban J connectivity index is 2.34. The minimum absolute atomic E-state index is 0.155. The number of aryl methyl sites for hydroxylation is 1. The minimum atomic E-state index is -0.739. The van der Waals surface area contributed by atoms with E-state index in [1.807, 2.05) is 0 Å². The van der Waals surface area contributed by atoms with Crippen molar-refractivity contribution in [3.63, 3.8) is 0 Å². The van der Waals surface area contributed by atoms with Gasteiger partial charge in [-0.25, -0.2) is 9.97 Å². The number of pyridine rings is 1. The van der Waals surface area contributed by atoms with E-state index in [2.05, 4.69) is 15.3 Å². The molecule has 2 heterocycles. The van der Waals surface area contributed by atoms with E-state index in [0.717, 1.165) is 5.69 Å². The standard InChI is InChI=1S/C10H7ClN4O3S/c1-5-4-19-10(13-5)14-9(16)6-2-3-12-8(11)7(6)15(17)18/h2-4H,1H3,(H,13,14,16). The summed E-state index contributed by atoms with van der Waals surface area (Å²) in [5.41, 5.74) is 0.0790. The van der Waals surface area contributed by atoms with Crippen LogP contribution in [0.5, 0.6) is 0 Å². The molecule has 19 heavy (non-hydrogen) atoms. The first-order valence-electron chi connectivity index (χ1n) is 5.01. The van der Waals surface area contributed by atoms with Gasteiger partial charge in [0.2, 0.25) is 5.15 Å². The molecule has 9 heteroatoms. The van der Waals surface area contributed by atoms with Gasteiger partial charge in [-0.2, -0.15) is 0 Å². The number of hydrogen-bond donors (Lipinski definition) is 1. The van der Waals surface area contributed by atoms with Crippen molar-refractivity contribution in [3.8, 4) is 0 Å². The van der Waals surface area contributed by atoms with Crippen molar-refractivity contribution in [2.45, 2.75) is 6.92 Å². The molecule has 98 valence electrons. The molecule has 0 aliphatic carbocycles. The van der Waals surface area contributed by atoms with Gasteiger partial charge in [0.1, 0.15) is 5.56 Å². The molecule has 0 unspecified atom stereocenters. The van der Waals surface area contributed by atoms with Gasteiger partial charge in [0.25, 0.3) is 5.91 Å². The van der Waals surface area contributed by atoms with Crippen LogP contribution in [0.4, 0.5) is 10.8 Å². The Morgan fingerprint density at radius 3 is 2.89 bits per heavy atom. The summed E-state index contributed by atoms with van der Waals surface area (Å²) in [6.45, 7) is 1.78. The maximum absolute atomic E-state index is 12.0. The molecule has 0 saturated heterocycles. The third kappa shape index (κ3) is 2.85. The quantitative estimate of drug-likeness (QED) is 0.533. The summed E-state index contributed by atoms with van der Waals surface area (Å²) in [5.74, 6) is -0.648. The number of aromatic nitrogens is 2. The van der Waals surface area contributed by atoms with Gasteiger partial charge in [-0.15, -0.1) is 11.3 Å². The molecule has 0 atom stereocenters. The molecular formula is C10H7ClN4O3S. The molecule has 2 aromatic heterocycles. The second kappa shape index (κ2) is 5.29. The highest BCUT2D eigenvalue weighted by Crippen LogP contribution is 2.27. The maximum atomic E-state index is 12.0. The van der Waals surface area contributed by atoms with Crippen molar-refractivity contribution >= 4 is 39.7 Å². The molecule has 2 aromatic rings. The number of nitro groups is 1. The van der Waals surface area contributed by atoms with E-state index in [0.29, 0.717) is 5.13 Å². The molecule has 0 saturated carbocycles. The van der Waals surface area contributed by atoms with Crippen molar-refractivity contribution in [1.82, 2.24) is 9.97 Å². The van der Waals surface area contributed by atoms with Gasteiger partial charge in [-0.1, -0.05) is 11.6 Å². The van der Waals surface area contributed by atoms with Gasteiger partial charge in [0, 0.05) is 11.6 Å². The topological polar surface area (TPSA) is 98.0 Å². The lowest BCUT2D eigenvalue weighted by molar-refractivity contribution is -0.385. The van der Waals surface area contributed by atoms with Gasteiger partial charge in [0.15, 0.2) is 5.13 Å². The molecule has 0 bridgehead atoms. The fourth-order valence-electron chi connectivity index (χ4n) is 1.36. The lowest BCUT2D eigenvalue weighted by Gasteiger charge is -2.03. The zero-order chi connectivity index (χ0) is 14.0. The number of amides is 1. The number of carbonyl (C=O) groups is 1. The van der Waals surface area contributed by atoms with Gasteiger partial charge in [0.05, 0.1) is 10.6 Å². The van der Waals surface area contributed by atoms with Crippen LogP contribution in [0, 0.1) is 17.0 Å². The summed E-state index contributed by atoms with van der Waals surface area (Å²) >= 11 is 6.86. The lowest BCUT2D eigenvalue weighted by Crippen LogP contribution is -2.14. The first kappa shape index (κ1) is 13.4. The third-order valence-electron chi connectivity index (χ3n) is 2.15. The molecule has 1 amide bonds. The van der Waals surface area contributed by atoms with E-state index in [9.17, 15) is 14.9 Å². The first-order chi connectivity index (χ1) is 8.99. The Morgan fingerprint density at radius 1 is 1.58 bits per heavy atom. The third-order valence-corrected chi connectivity index (χ3v) is 3.30. The lowest BCUT2D eigenvalue weighted by atomic mass is 10.2. The van der Waals surface area contributed by atoms with Crippen LogP contribution >= 0.6 is 22.9 Å². The van der Waals surface area contributed by atoms with E-state index < -0.39 is 16.5 Å². The summed E-state index contributed by atoms with van der Waals surface area (Å²) in [5, 5.41) is 15.2. The maximum Gasteiger partial charge on any atom is 0.319 e. The van der Waals surface area contributed by atoms with Crippen LogP contribution in [0.1, 0.15) is 16.1 Å². The van der Waals surface area contributed by atoms with Crippen molar-refractivity contribution in [2.75, 3.05) is 5.32 Å². The molecule has 0 spiro atoms. The molecule has 0 fully saturated rings. The number of thiazole rings is 1. The fraction of sp³-hybridized carbons (Fsp3) is 0.100. The number of hydrogen-bond acceptors (Lipinski definition) is 6. The summed E-state index contributed by atoms with van der Waals surface area (Å²) < 4.78 is 0.